The minimum Gasteiger partial charge on any atom is -0.493 e. The summed E-state index contributed by atoms with van der Waals surface area (Å²) in [5.41, 5.74) is 5.23. The molecule has 0 spiro atoms. The van der Waals surface area contributed by atoms with Gasteiger partial charge in [0.15, 0.2) is 11.5 Å². The Hall–Kier alpha value is -3.35. The van der Waals surface area contributed by atoms with Crippen LogP contribution in [0.5, 0.6) is 11.5 Å². The van der Waals surface area contributed by atoms with Crippen molar-refractivity contribution in [3.63, 3.8) is 0 Å². The van der Waals surface area contributed by atoms with Gasteiger partial charge in [0, 0.05) is 17.0 Å². The van der Waals surface area contributed by atoms with Crippen LogP contribution in [0.15, 0.2) is 47.6 Å². The zero-order valence-corrected chi connectivity index (χ0v) is 16.5. The first-order chi connectivity index (χ1) is 13.5. The van der Waals surface area contributed by atoms with E-state index in [1.165, 1.54) is 19.8 Å². The predicted molar refractivity (Wildman–Crippen MR) is 109 cm³/mol. The molecule has 0 bridgehead atoms. The summed E-state index contributed by atoms with van der Waals surface area (Å²) in [7, 11) is 3.02. The Morgan fingerprint density at radius 2 is 1.68 bits per heavy atom. The van der Waals surface area contributed by atoms with E-state index in [9.17, 15) is 9.59 Å². The average molecular weight is 383 g/mol. The first-order valence-corrected chi connectivity index (χ1v) is 8.91. The van der Waals surface area contributed by atoms with Gasteiger partial charge in [-0.3, -0.25) is 9.59 Å². The highest BCUT2D eigenvalue weighted by atomic mass is 16.5. The van der Waals surface area contributed by atoms with E-state index in [0.717, 1.165) is 12.1 Å². The Morgan fingerprint density at radius 1 is 1.00 bits per heavy atom. The van der Waals surface area contributed by atoms with Crippen LogP contribution in [0.2, 0.25) is 0 Å². The van der Waals surface area contributed by atoms with Gasteiger partial charge in [-0.1, -0.05) is 19.1 Å². The van der Waals surface area contributed by atoms with E-state index in [2.05, 4.69) is 22.8 Å². The van der Waals surface area contributed by atoms with Gasteiger partial charge in [-0.15, -0.1) is 0 Å². The number of benzene rings is 2. The molecule has 0 aromatic heterocycles. The van der Waals surface area contributed by atoms with Gasteiger partial charge < -0.3 is 14.8 Å². The van der Waals surface area contributed by atoms with E-state index in [-0.39, 0.29) is 12.3 Å². The minimum atomic E-state index is -0.407. The third-order valence-electron chi connectivity index (χ3n) is 4.06. The number of amides is 2. The quantitative estimate of drug-likeness (QED) is 0.540. The van der Waals surface area contributed by atoms with E-state index in [4.69, 9.17) is 9.47 Å². The van der Waals surface area contributed by atoms with Crippen molar-refractivity contribution in [2.24, 2.45) is 5.10 Å². The van der Waals surface area contributed by atoms with Crippen molar-refractivity contribution >= 4 is 23.2 Å². The molecule has 0 radical (unpaired) electrons. The molecule has 0 unspecified atom stereocenters. The Bertz CT molecular complexity index is 860. The number of carbonyl (C=O) groups excluding carboxylic acids is 2. The smallest absolute Gasteiger partial charge is 0.271 e. The predicted octanol–water partition coefficient (Wildman–Crippen LogP) is 3.40. The first-order valence-electron chi connectivity index (χ1n) is 8.91. The van der Waals surface area contributed by atoms with Crippen molar-refractivity contribution in [2.75, 3.05) is 19.5 Å². The average Bonchev–Trinajstić information content (AvgIpc) is 2.71. The molecule has 7 nitrogen and oxygen atoms in total. The van der Waals surface area contributed by atoms with Gasteiger partial charge in [-0.25, -0.2) is 5.43 Å². The molecular formula is C21H25N3O4. The molecule has 2 rings (SSSR count). The number of carbonyl (C=O) groups is 2. The molecule has 0 aliphatic rings. The third-order valence-corrected chi connectivity index (χ3v) is 4.06. The molecule has 148 valence electrons. The van der Waals surface area contributed by atoms with Crippen LogP contribution in [0.1, 0.15) is 36.2 Å². The van der Waals surface area contributed by atoms with E-state index in [0.29, 0.717) is 22.8 Å². The Labute approximate surface area is 164 Å². The highest BCUT2D eigenvalue weighted by molar-refractivity contribution is 6.06. The van der Waals surface area contributed by atoms with Crippen LogP contribution < -0.4 is 20.2 Å². The van der Waals surface area contributed by atoms with Crippen LogP contribution in [0.25, 0.3) is 0 Å². The van der Waals surface area contributed by atoms with Crippen LogP contribution in [0, 0.1) is 0 Å². The van der Waals surface area contributed by atoms with Crippen molar-refractivity contribution in [3.8, 4) is 11.5 Å². The molecular weight excluding hydrogens is 358 g/mol. The van der Waals surface area contributed by atoms with Crippen molar-refractivity contribution < 1.29 is 19.1 Å². The Morgan fingerprint density at radius 3 is 2.29 bits per heavy atom. The fourth-order valence-electron chi connectivity index (χ4n) is 2.49. The molecule has 0 aliphatic carbocycles. The number of nitrogens with zero attached hydrogens (tertiary/aromatic N) is 1. The second-order valence-electron chi connectivity index (χ2n) is 6.13. The summed E-state index contributed by atoms with van der Waals surface area (Å²) in [6, 6.07) is 12.5. The summed E-state index contributed by atoms with van der Waals surface area (Å²) in [5, 5.41) is 6.80. The molecule has 7 heteroatoms. The number of hydrogen-bond donors (Lipinski definition) is 2. The topological polar surface area (TPSA) is 89.0 Å². The Kier molecular flexibility index (Phi) is 7.56. The number of hydrogen-bond acceptors (Lipinski definition) is 5. The van der Waals surface area contributed by atoms with E-state index in [1.807, 2.05) is 24.3 Å². The molecule has 2 amide bonds. The summed E-state index contributed by atoms with van der Waals surface area (Å²) in [5.74, 6) is 0.369. The molecule has 2 N–H and O–H groups in total. The van der Waals surface area contributed by atoms with Gasteiger partial charge in [0.2, 0.25) is 5.91 Å². The number of ether oxygens (including phenoxy) is 2. The van der Waals surface area contributed by atoms with Gasteiger partial charge in [0.25, 0.3) is 5.91 Å². The molecule has 0 atom stereocenters. The SMILES string of the molecule is CCc1ccc(NC(=O)C/C(C)=N\NC(=O)c2ccc(OC)c(OC)c2)cc1. The molecule has 2 aromatic rings. The van der Waals surface area contributed by atoms with Gasteiger partial charge >= 0.3 is 0 Å². The highest BCUT2D eigenvalue weighted by Crippen LogP contribution is 2.27. The van der Waals surface area contributed by atoms with Crippen molar-refractivity contribution in [1.29, 1.82) is 0 Å². The Balaban J connectivity index is 1.92. The largest absolute Gasteiger partial charge is 0.493 e. The molecule has 2 aromatic carbocycles. The van der Waals surface area contributed by atoms with E-state index in [1.54, 1.807) is 25.1 Å². The minimum absolute atomic E-state index is 0.0712. The maximum absolute atomic E-state index is 12.2. The molecule has 0 aliphatic heterocycles. The maximum Gasteiger partial charge on any atom is 0.271 e. The van der Waals surface area contributed by atoms with Crippen molar-refractivity contribution in [3.05, 3.63) is 53.6 Å². The maximum atomic E-state index is 12.2. The molecule has 0 fully saturated rings. The van der Waals surface area contributed by atoms with Crippen LogP contribution in [0.3, 0.4) is 0 Å². The third kappa shape index (κ3) is 5.84. The van der Waals surface area contributed by atoms with Crippen molar-refractivity contribution in [2.45, 2.75) is 26.7 Å². The van der Waals surface area contributed by atoms with Gasteiger partial charge in [-0.05, 0) is 49.2 Å². The standard InChI is InChI=1S/C21H25N3O4/c1-5-15-6-9-17(10-7-15)22-20(25)12-14(2)23-24-21(26)16-8-11-18(27-3)19(13-16)28-4/h6-11,13H,5,12H2,1-4H3,(H,22,25)(H,24,26)/b23-14-. The van der Waals surface area contributed by atoms with Gasteiger partial charge in [0.05, 0.1) is 20.6 Å². The second-order valence-corrected chi connectivity index (χ2v) is 6.13. The number of nitrogens with one attached hydrogen (secondary N) is 2. The number of methoxy groups -OCH3 is 2. The van der Waals surface area contributed by atoms with Crippen LogP contribution >= 0.6 is 0 Å². The number of anilines is 1. The van der Waals surface area contributed by atoms with Crippen LogP contribution in [-0.2, 0) is 11.2 Å². The first kappa shape index (κ1) is 21.0. The lowest BCUT2D eigenvalue weighted by molar-refractivity contribution is -0.115. The monoisotopic (exact) mass is 383 g/mol. The lowest BCUT2D eigenvalue weighted by Crippen LogP contribution is -2.21. The van der Waals surface area contributed by atoms with Gasteiger partial charge in [-0.2, -0.15) is 5.10 Å². The van der Waals surface area contributed by atoms with Crippen molar-refractivity contribution in [1.82, 2.24) is 5.43 Å². The molecule has 0 saturated carbocycles. The zero-order valence-electron chi connectivity index (χ0n) is 16.5. The zero-order chi connectivity index (χ0) is 20.5. The normalized spacial score (nSPS) is 10.9. The fraction of sp³-hybridized carbons (Fsp3) is 0.286. The summed E-state index contributed by atoms with van der Waals surface area (Å²) in [6.07, 6.45) is 1.02. The second kappa shape index (κ2) is 10.1. The molecule has 0 heterocycles. The van der Waals surface area contributed by atoms with Crippen LogP contribution in [0.4, 0.5) is 5.69 Å². The van der Waals surface area contributed by atoms with E-state index >= 15 is 0 Å². The lowest BCUT2D eigenvalue weighted by Gasteiger charge is -2.09. The summed E-state index contributed by atoms with van der Waals surface area (Å²) < 4.78 is 10.3. The highest BCUT2D eigenvalue weighted by Gasteiger charge is 2.11. The number of hydrazone groups is 1. The summed E-state index contributed by atoms with van der Waals surface area (Å²) in [6.45, 7) is 3.75. The van der Waals surface area contributed by atoms with Gasteiger partial charge in [0.1, 0.15) is 0 Å². The lowest BCUT2D eigenvalue weighted by atomic mass is 10.1. The van der Waals surface area contributed by atoms with E-state index < -0.39 is 5.91 Å². The molecule has 28 heavy (non-hydrogen) atoms. The summed E-state index contributed by atoms with van der Waals surface area (Å²) in [4.78, 5) is 24.3. The number of rotatable bonds is 8. The number of aryl methyl sites for hydroxylation is 1. The summed E-state index contributed by atoms with van der Waals surface area (Å²) >= 11 is 0. The molecule has 0 saturated heterocycles. The fourth-order valence-corrected chi connectivity index (χ4v) is 2.49. The van der Waals surface area contributed by atoms with Crippen LogP contribution in [-0.4, -0.2) is 31.7 Å².